The average Bonchev–Trinajstić information content (AvgIpc) is 3.14. The molecule has 1 unspecified atom stereocenters. The molecule has 1 saturated heterocycles. The highest BCUT2D eigenvalue weighted by molar-refractivity contribution is 6.51. The van der Waals surface area contributed by atoms with Crippen molar-refractivity contribution in [3.05, 3.63) is 95.1 Å². The average molecular weight is 472 g/mol. The monoisotopic (exact) mass is 471 g/mol. The second-order valence-electron chi connectivity index (χ2n) is 8.38. The summed E-state index contributed by atoms with van der Waals surface area (Å²) in [6, 6.07) is 20.7. The maximum Gasteiger partial charge on any atom is 0.300 e. The Labute approximate surface area is 205 Å². The molecule has 35 heavy (non-hydrogen) atoms. The molecule has 1 atom stereocenters. The van der Waals surface area contributed by atoms with Crippen molar-refractivity contribution in [1.29, 1.82) is 0 Å². The minimum atomic E-state index is -0.798. The van der Waals surface area contributed by atoms with E-state index < -0.39 is 17.7 Å². The first-order valence-electron chi connectivity index (χ1n) is 11.8. The Kier molecular flexibility index (Phi) is 7.20. The molecule has 6 nitrogen and oxygen atoms in total. The smallest absolute Gasteiger partial charge is 0.300 e. The van der Waals surface area contributed by atoms with Crippen LogP contribution in [-0.2, 0) is 9.59 Å². The Balaban J connectivity index is 1.86. The van der Waals surface area contributed by atoms with E-state index in [4.69, 9.17) is 9.47 Å². The van der Waals surface area contributed by atoms with Crippen LogP contribution < -0.4 is 14.4 Å². The number of rotatable bonds is 8. The number of nitrogens with zero attached hydrogens (tertiary/aromatic N) is 1. The van der Waals surface area contributed by atoms with E-state index in [1.807, 2.05) is 45.0 Å². The first kappa shape index (κ1) is 24.1. The molecule has 0 saturated carbocycles. The maximum atomic E-state index is 13.3. The third kappa shape index (κ3) is 4.92. The fourth-order valence-corrected chi connectivity index (χ4v) is 4.14. The number of amides is 1. The van der Waals surface area contributed by atoms with Crippen molar-refractivity contribution in [3.63, 3.8) is 0 Å². The number of ketones is 1. The quantitative estimate of drug-likeness (QED) is 0.255. The van der Waals surface area contributed by atoms with Gasteiger partial charge in [0.05, 0.1) is 24.8 Å². The summed E-state index contributed by atoms with van der Waals surface area (Å²) in [5.41, 5.74) is 2.75. The van der Waals surface area contributed by atoms with Crippen LogP contribution in [0.4, 0.5) is 5.69 Å². The van der Waals surface area contributed by atoms with Gasteiger partial charge in [-0.05, 0) is 62.2 Å². The van der Waals surface area contributed by atoms with Gasteiger partial charge in [-0.15, -0.1) is 0 Å². The van der Waals surface area contributed by atoms with Gasteiger partial charge < -0.3 is 14.6 Å². The Morgan fingerprint density at radius 3 is 2.29 bits per heavy atom. The van der Waals surface area contributed by atoms with Crippen molar-refractivity contribution < 1.29 is 24.2 Å². The van der Waals surface area contributed by atoms with E-state index in [0.717, 1.165) is 12.0 Å². The van der Waals surface area contributed by atoms with Crippen molar-refractivity contribution in [2.75, 3.05) is 18.1 Å². The van der Waals surface area contributed by atoms with Gasteiger partial charge in [0.1, 0.15) is 17.3 Å². The lowest BCUT2D eigenvalue weighted by atomic mass is 9.95. The van der Waals surface area contributed by atoms with E-state index >= 15 is 0 Å². The molecule has 1 aliphatic rings. The van der Waals surface area contributed by atoms with E-state index in [1.165, 1.54) is 4.90 Å². The Bertz CT molecular complexity index is 1240. The van der Waals surface area contributed by atoms with Crippen LogP contribution in [0.3, 0.4) is 0 Å². The number of hydrogen-bond donors (Lipinski definition) is 1. The molecule has 1 amide bonds. The summed E-state index contributed by atoms with van der Waals surface area (Å²) < 4.78 is 11.3. The van der Waals surface area contributed by atoms with E-state index in [0.29, 0.717) is 41.5 Å². The summed E-state index contributed by atoms with van der Waals surface area (Å²) in [5.74, 6) is -0.390. The summed E-state index contributed by atoms with van der Waals surface area (Å²) in [6.07, 6.45) is 0.843. The molecule has 180 valence electrons. The van der Waals surface area contributed by atoms with Crippen LogP contribution in [0.2, 0.25) is 0 Å². The zero-order valence-corrected chi connectivity index (χ0v) is 20.2. The number of benzene rings is 3. The van der Waals surface area contributed by atoms with Crippen LogP contribution in [0.5, 0.6) is 11.5 Å². The molecular weight excluding hydrogens is 442 g/mol. The van der Waals surface area contributed by atoms with Gasteiger partial charge in [-0.1, -0.05) is 48.9 Å². The van der Waals surface area contributed by atoms with E-state index in [-0.39, 0.29) is 11.3 Å². The Morgan fingerprint density at radius 1 is 0.914 bits per heavy atom. The third-order valence-electron chi connectivity index (χ3n) is 5.84. The molecule has 1 aliphatic heterocycles. The number of carbonyl (C=O) groups is 2. The van der Waals surface area contributed by atoms with E-state index in [1.54, 1.807) is 48.5 Å². The van der Waals surface area contributed by atoms with Gasteiger partial charge in [0.25, 0.3) is 11.7 Å². The highest BCUT2D eigenvalue weighted by Gasteiger charge is 2.47. The van der Waals surface area contributed by atoms with Gasteiger partial charge >= 0.3 is 0 Å². The van der Waals surface area contributed by atoms with Crippen LogP contribution in [0, 0.1) is 6.92 Å². The molecule has 1 fully saturated rings. The molecule has 0 spiro atoms. The van der Waals surface area contributed by atoms with Crippen molar-refractivity contribution in [2.45, 2.75) is 33.2 Å². The summed E-state index contributed by atoms with van der Waals surface area (Å²) in [4.78, 5) is 28.0. The molecule has 0 radical (unpaired) electrons. The van der Waals surface area contributed by atoms with E-state index in [2.05, 4.69) is 0 Å². The van der Waals surface area contributed by atoms with E-state index in [9.17, 15) is 14.7 Å². The van der Waals surface area contributed by atoms with Crippen LogP contribution in [-0.4, -0.2) is 30.0 Å². The first-order valence-corrected chi connectivity index (χ1v) is 11.8. The maximum absolute atomic E-state index is 13.3. The number of ether oxygens (including phenoxy) is 2. The number of hydrogen-bond acceptors (Lipinski definition) is 5. The first-order chi connectivity index (χ1) is 16.9. The molecule has 3 aromatic carbocycles. The molecule has 6 heteroatoms. The largest absolute Gasteiger partial charge is 0.507 e. The van der Waals surface area contributed by atoms with Crippen LogP contribution >= 0.6 is 0 Å². The van der Waals surface area contributed by atoms with Crippen LogP contribution in [0.1, 0.15) is 43.0 Å². The lowest BCUT2D eigenvalue weighted by Gasteiger charge is -2.25. The Morgan fingerprint density at radius 2 is 1.63 bits per heavy atom. The zero-order valence-electron chi connectivity index (χ0n) is 20.2. The van der Waals surface area contributed by atoms with Gasteiger partial charge in [-0.2, -0.15) is 0 Å². The van der Waals surface area contributed by atoms with Gasteiger partial charge in [0.15, 0.2) is 0 Å². The number of carbonyl (C=O) groups excluding carboxylic acids is 2. The normalized spacial score (nSPS) is 17.0. The number of aliphatic hydroxyl groups excluding tert-OH is 1. The minimum Gasteiger partial charge on any atom is -0.507 e. The summed E-state index contributed by atoms with van der Waals surface area (Å²) >= 11 is 0. The lowest BCUT2D eigenvalue weighted by molar-refractivity contribution is -0.132. The summed E-state index contributed by atoms with van der Waals surface area (Å²) in [7, 11) is 0. The topological polar surface area (TPSA) is 76.1 Å². The van der Waals surface area contributed by atoms with Crippen molar-refractivity contribution in [1.82, 2.24) is 0 Å². The molecule has 1 N–H and O–H groups in total. The fraction of sp³-hybridized carbons (Fsp3) is 0.241. The lowest BCUT2D eigenvalue weighted by Crippen LogP contribution is -2.29. The number of anilines is 1. The minimum absolute atomic E-state index is 0.0346. The predicted octanol–water partition coefficient (Wildman–Crippen LogP) is 5.81. The standard InChI is InChI=1S/C29H29NO5/c1-4-17-35-24-8-6-7-21(18-24)27(31)25-26(20-11-15-23(16-12-20)34-5-2)30(29(33)28(25)32)22-13-9-19(3)10-14-22/h6-16,18,26,31H,4-5,17H2,1-3H3/b27-25-. The highest BCUT2D eigenvalue weighted by Crippen LogP contribution is 2.42. The van der Waals surface area contributed by atoms with Gasteiger partial charge in [-0.25, -0.2) is 0 Å². The molecular formula is C29H29NO5. The number of aliphatic hydroxyl groups is 1. The zero-order chi connectivity index (χ0) is 24.9. The second kappa shape index (κ2) is 10.5. The number of aryl methyl sites for hydroxylation is 1. The number of Topliss-reactive ketones (excluding diaryl/α,β-unsaturated/α-hetero) is 1. The van der Waals surface area contributed by atoms with Gasteiger partial charge in [0, 0.05) is 11.3 Å². The SMILES string of the molecule is CCCOc1cccc(/C(O)=C2/C(=O)C(=O)N(c3ccc(C)cc3)C2c2ccc(OCC)cc2)c1. The van der Waals surface area contributed by atoms with Crippen molar-refractivity contribution in [2.24, 2.45) is 0 Å². The van der Waals surface area contributed by atoms with Crippen LogP contribution in [0.25, 0.3) is 5.76 Å². The molecule has 0 bridgehead atoms. The molecule has 1 heterocycles. The summed E-state index contributed by atoms with van der Waals surface area (Å²) in [5, 5.41) is 11.3. The van der Waals surface area contributed by atoms with Crippen molar-refractivity contribution >= 4 is 23.1 Å². The van der Waals surface area contributed by atoms with Gasteiger partial charge in [0.2, 0.25) is 0 Å². The molecule has 4 rings (SSSR count). The summed E-state index contributed by atoms with van der Waals surface area (Å²) in [6.45, 7) is 6.92. The Hall–Kier alpha value is -4.06. The fourth-order valence-electron chi connectivity index (χ4n) is 4.14. The molecule has 0 aromatic heterocycles. The van der Waals surface area contributed by atoms with Gasteiger partial charge in [-0.3, -0.25) is 14.5 Å². The van der Waals surface area contributed by atoms with Crippen molar-refractivity contribution in [3.8, 4) is 11.5 Å². The highest BCUT2D eigenvalue weighted by atomic mass is 16.5. The molecule has 3 aromatic rings. The molecule has 0 aliphatic carbocycles. The second-order valence-corrected chi connectivity index (χ2v) is 8.38. The third-order valence-corrected chi connectivity index (χ3v) is 5.84. The van der Waals surface area contributed by atoms with Crippen LogP contribution in [0.15, 0.2) is 78.4 Å². The predicted molar refractivity (Wildman–Crippen MR) is 136 cm³/mol.